The Morgan fingerprint density at radius 2 is 1.95 bits per heavy atom. The number of rotatable bonds is 2. The van der Waals surface area contributed by atoms with Crippen LogP contribution in [0.15, 0.2) is 27.7 Å². The fourth-order valence-electron chi connectivity index (χ4n) is 2.50. The summed E-state index contributed by atoms with van der Waals surface area (Å²) in [6, 6.07) is 6.63. The monoisotopic (exact) mass is 323 g/mol. The second kappa shape index (κ2) is 7.06. The molecule has 1 fully saturated rings. The number of amidine groups is 1. The molecule has 1 aromatic carbocycles. The summed E-state index contributed by atoms with van der Waals surface area (Å²) in [5.41, 5.74) is 5.02. The van der Waals surface area contributed by atoms with Crippen LogP contribution in [-0.4, -0.2) is 11.9 Å². The lowest BCUT2D eigenvalue weighted by Crippen LogP contribution is -2.32. The highest BCUT2D eigenvalue weighted by Crippen LogP contribution is 2.21. The van der Waals surface area contributed by atoms with Gasteiger partial charge in [-0.15, -0.1) is 0 Å². The van der Waals surface area contributed by atoms with Crippen LogP contribution >= 0.6 is 15.9 Å². The molecule has 0 unspecified atom stereocenters. The van der Waals surface area contributed by atoms with Crippen molar-refractivity contribution in [2.45, 2.75) is 51.5 Å². The van der Waals surface area contributed by atoms with Gasteiger partial charge in [0.1, 0.15) is 5.84 Å². The number of nitrogens with one attached hydrogen (secondary N) is 1. The molecule has 3 N–H and O–H groups in total. The molecule has 4 heteroatoms. The lowest BCUT2D eigenvalue weighted by atomic mass is 10.1. The van der Waals surface area contributed by atoms with Crippen LogP contribution in [0, 0.1) is 6.92 Å². The van der Waals surface area contributed by atoms with Crippen LogP contribution in [0.5, 0.6) is 0 Å². The van der Waals surface area contributed by atoms with E-state index in [2.05, 4.69) is 46.5 Å². The van der Waals surface area contributed by atoms with Gasteiger partial charge < -0.3 is 5.43 Å². The zero-order chi connectivity index (χ0) is 13.7. The molecule has 0 atom stereocenters. The Balaban J connectivity index is 2.19. The molecule has 0 spiro atoms. The van der Waals surface area contributed by atoms with Gasteiger partial charge in [-0.3, -0.25) is 4.99 Å². The molecule has 1 aromatic rings. The largest absolute Gasteiger partial charge is 0.308 e. The minimum absolute atomic E-state index is 0.411. The summed E-state index contributed by atoms with van der Waals surface area (Å²) in [5, 5.41) is 0. The summed E-state index contributed by atoms with van der Waals surface area (Å²) in [4.78, 5) is 4.81. The molecule has 0 saturated heterocycles. The Hall–Kier alpha value is -0.870. The molecule has 104 valence electrons. The number of nitrogens with two attached hydrogens (primary N) is 1. The van der Waals surface area contributed by atoms with Crippen molar-refractivity contribution in [2.24, 2.45) is 10.8 Å². The van der Waals surface area contributed by atoms with Crippen LogP contribution in [0.2, 0.25) is 0 Å². The molecule has 1 aliphatic carbocycles. The summed E-state index contributed by atoms with van der Waals surface area (Å²) in [7, 11) is 0. The molecule has 3 nitrogen and oxygen atoms in total. The van der Waals surface area contributed by atoms with Gasteiger partial charge in [0, 0.05) is 10.0 Å². The number of hydrogen-bond acceptors (Lipinski definition) is 2. The zero-order valence-electron chi connectivity index (χ0n) is 11.5. The van der Waals surface area contributed by atoms with Gasteiger partial charge in [-0.1, -0.05) is 53.7 Å². The van der Waals surface area contributed by atoms with Crippen molar-refractivity contribution < 1.29 is 0 Å². The van der Waals surface area contributed by atoms with Crippen LogP contribution in [0.3, 0.4) is 0 Å². The van der Waals surface area contributed by atoms with Gasteiger partial charge in [-0.2, -0.15) is 0 Å². The quantitative estimate of drug-likeness (QED) is 0.287. The Morgan fingerprint density at radius 3 is 2.53 bits per heavy atom. The van der Waals surface area contributed by atoms with Crippen LogP contribution in [-0.2, 0) is 0 Å². The summed E-state index contributed by atoms with van der Waals surface area (Å²) in [6.07, 6.45) is 7.60. The standard InChI is InChI=1S/C15H22BrN3/c1-11-8-9-12(10-14(11)16)15(19-17)18-13-6-4-2-3-5-7-13/h8-10,13H,2-7,17H2,1H3,(H,18,19). The number of aliphatic imine (C=N–C) groups is 1. The highest BCUT2D eigenvalue weighted by Gasteiger charge is 2.13. The Morgan fingerprint density at radius 1 is 1.26 bits per heavy atom. The number of nitrogens with zero attached hydrogens (tertiary/aromatic N) is 1. The van der Waals surface area contributed by atoms with E-state index in [9.17, 15) is 0 Å². The van der Waals surface area contributed by atoms with E-state index >= 15 is 0 Å². The average molecular weight is 324 g/mol. The van der Waals surface area contributed by atoms with Crippen molar-refractivity contribution in [3.63, 3.8) is 0 Å². The van der Waals surface area contributed by atoms with Gasteiger partial charge in [0.2, 0.25) is 0 Å². The highest BCUT2D eigenvalue weighted by atomic mass is 79.9. The maximum atomic E-state index is 5.65. The molecule has 0 heterocycles. The summed E-state index contributed by atoms with van der Waals surface area (Å²) in [6.45, 7) is 2.08. The maximum absolute atomic E-state index is 5.65. The van der Waals surface area contributed by atoms with E-state index in [0.717, 1.165) is 15.9 Å². The third-order valence-corrected chi connectivity index (χ3v) is 4.57. The van der Waals surface area contributed by atoms with Gasteiger partial charge in [0.15, 0.2) is 0 Å². The lowest BCUT2D eigenvalue weighted by Gasteiger charge is -2.13. The normalized spacial score (nSPS) is 18.2. The first-order valence-electron chi connectivity index (χ1n) is 7.01. The van der Waals surface area contributed by atoms with Gasteiger partial charge >= 0.3 is 0 Å². The van der Waals surface area contributed by atoms with E-state index in [1.54, 1.807) is 0 Å². The van der Waals surface area contributed by atoms with Crippen molar-refractivity contribution in [3.8, 4) is 0 Å². The van der Waals surface area contributed by atoms with Crippen molar-refractivity contribution in [1.29, 1.82) is 0 Å². The Labute approximate surface area is 123 Å². The number of hydrazine groups is 1. The third-order valence-electron chi connectivity index (χ3n) is 3.72. The SMILES string of the molecule is Cc1ccc(C(=NC2CCCCCC2)NN)cc1Br. The van der Waals surface area contributed by atoms with Crippen LogP contribution < -0.4 is 11.3 Å². The van der Waals surface area contributed by atoms with E-state index in [1.807, 2.05) is 0 Å². The van der Waals surface area contributed by atoms with E-state index in [0.29, 0.717) is 6.04 Å². The molecule has 0 aromatic heterocycles. The number of benzene rings is 1. The van der Waals surface area contributed by atoms with E-state index < -0.39 is 0 Å². The number of aryl methyl sites for hydroxylation is 1. The topological polar surface area (TPSA) is 50.4 Å². The van der Waals surface area contributed by atoms with E-state index in [1.165, 1.54) is 44.1 Å². The minimum atomic E-state index is 0.411. The lowest BCUT2D eigenvalue weighted by molar-refractivity contribution is 0.583. The molecule has 0 bridgehead atoms. The molecule has 0 amide bonds. The molecule has 1 aliphatic rings. The molecule has 0 radical (unpaired) electrons. The molecule has 2 rings (SSSR count). The third kappa shape index (κ3) is 4.05. The van der Waals surface area contributed by atoms with E-state index in [-0.39, 0.29) is 0 Å². The fourth-order valence-corrected chi connectivity index (χ4v) is 2.88. The average Bonchev–Trinajstić information content (AvgIpc) is 2.68. The first-order valence-corrected chi connectivity index (χ1v) is 7.81. The summed E-state index contributed by atoms with van der Waals surface area (Å²) < 4.78 is 1.09. The van der Waals surface area contributed by atoms with Crippen molar-refractivity contribution in [2.75, 3.05) is 0 Å². The molecule has 1 saturated carbocycles. The molecule has 19 heavy (non-hydrogen) atoms. The first-order chi connectivity index (χ1) is 9.20. The predicted octanol–water partition coefficient (Wildman–Crippen LogP) is 3.69. The van der Waals surface area contributed by atoms with Crippen molar-refractivity contribution in [3.05, 3.63) is 33.8 Å². The number of halogens is 1. The van der Waals surface area contributed by atoms with Crippen LogP contribution in [0.25, 0.3) is 0 Å². The fraction of sp³-hybridized carbons (Fsp3) is 0.533. The Kier molecular flexibility index (Phi) is 5.40. The molecule has 0 aliphatic heterocycles. The zero-order valence-corrected chi connectivity index (χ0v) is 13.0. The van der Waals surface area contributed by atoms with Gasteiger partial charge in [-0.25, -0.2) is 5.84 Å². The summed E-state index contributed by atoms with van der Waals surface area (Å²) in [5.74, 6) is 6.45. The molecular weight excluding hydrogens is 302 g/mol. The smallest absolute Gasteiger partial charge is 0.142 e. The highest BCUT2D eigenvalue weighted by molar-refractivity contribution is 9.10. The predicted molar refractivity (Wildman–Crippen MR) is 84.2 cm³/mol. The van der Waals surface area contributed by atoms with Crippen molar-refractivity contribution >= 4 is 21.8 Å². The Bertz CT molecular complexity index is 449. The van der Waals surface area contributed by atoms with Crippen LogP contribution in [0.1, 0.15) is 49.7 Å². The first kappa shape index (κ1) is 14.5. The van der Waals surface area contributed by atoms with E-state index in [4.69, 9.17) is 10.8 Å². The van der Waals surface area contributed by atoms with Crippen LogP contribution in [0.4, 0.5) is 0 Å². The van der Waals surface area contributed by atoms with Gasteiger partial charge in [0.25, 0.3) is 0 Å². The minimum Gasteiger partial charge on any atom is -0.308 e. The molecular formula is C15H22BrN3. The van der Waals surface area contributed by atoms with Crippen molar-refractivity contribution in [1.82, 2.24) is 5.43 Å². The van der Waals surface area contributed by atoms with Gasteiger partial charge in [0.05, 0.1) is 6.04 Å². The number of hydrogen-bond donors (Lipinski definition) is 2. The maximum Gasteiger partial charge on any atom is 0.142 e. The second-order valence-electron chi connectivity index (χ2n) is 5.23. The van der Waals surface area contributed by atoms with Gasteiger partial charge in [-0.05, 0) is 31.4 Å². The second-order valence-corrected chi connectivity index (χ2v) is 6.09. The summed E-state index contributed by atoms with van der Waals surface area (Å²) >= 11 is 3.56.